The van der Waals surface area contributed by atoms with Crippen molar-refractivity contribution in [1.82, 2.24) is 5.43 Å². The molecule has 3 heteroatoms. The zero-order valence-electron chi connectivity index (χ0n) is 11.5. The van der Waals surface area contributed by atoms with E-state index >= 15 is 0 Å². The van der Waals surface area contributed by atoms with Crippen molar-refractivity contribution in [3.05, 3.63) is 71.8 Å². The van der Waals surface area contributed by atoms with Crippen molar-refractivity contribution in [3.63, 3.8) is 0 Å². The van der Waals surface area contributed by atoms with Crippen molar-refractivity contribution in [3.8, 4) is 0 Å². The molecule has 0 aliphatic heterocycles. The number of carbonyl (C=O) groups is 1. The first-order chi connectivity index (χ1) is 9.79. The van der Waals surface area contributed by atoms with E-state index in [1.807, 2.05) is 67.6 Å². The second-order valence-electron chi connectivity index (χ2n) is 4.48. The normalized spacial score (nSPS) is 11.2. The maximum absolute atomic E-state index is 11.8. The van der Waals surface area contributed by atoms with E-state index in [2.05, 4.69) is 10.5 Å². The van der Waals surface area contributed by atoms with Gasteiger partial charge in [-0.1, -0.05) is 67.6 Å². The van der Waals surface area contributed by atoms with Crippen molar-refractivity contribution in [2.24, 2.45) is 5.10 Å². The third-order valence-corrected chi connectivity index (χ3v) is 2.96. The van der Waals surface area contributed by atoms with Crippen LogP contribution in [-0.4, -0.2) is 11.6 Å². The quantitative estimate of drug-likeness (QED) is 0.655. The van der Waals surface area contributed by atoms with E-state index in [9.17, 15) is 4.79 Å². The second-order valence-corrected chi connectivity index (χ2v) is 4.48. The van der Waals surface area contributed by atoms with Gasteiger partial charge in [-0.3, -0.25) is 4.79 Å². The van der Waals surface area contributed by atoms with Crippen LogP contribution in [0.5, 0.6) is 0 Å². The highest BCUT2D eigenvalue weighted by molar-refractivity contribution is 6.00. The minimum atomic E-state index is -0.0990. The van der Waals surface area contributed by atoms with Crippen molar-refractivity contribution in [2.45, 2.75) is 19.8 Å². The van der Waals surface area contributed by atoms with Crippen LogP contribution in [-0.2, 0) is 11.2 Å². The molecule has 0 aliphatic rings. The molecule has 2 aromatic carbocycles. The van der Waals surface area contributed by atoms with E-state index < -0.39 is 0 Å². The highest BCUT2D eigenvalue weighted by Crippen LogP contribution is 2.04. The lowest BCUT2D eigenvalue weighted by Gasteiger charge is -2.05. The molecule has 0 spiro atoms. The van der Waals surface area contributed by atoms with Crippen molar-refractivity contribution in [2.75, 3.05) is 0 Å². The number of nitrogens with zero attached hydrogens (tertiary/aromatic N) is 1. The van der Waals surface area contributed by atoms with E-state index in [1.165, 1.54) is 0 Å². The predicted octanol–water partition coefficient (Wildman–Crippen LogP) is 3.16. The first kappa shape index (κ1) is 14.0. The number of hydrazone groups is 1. The van der Waals surface area contributed by atoms with Gasteiger partial charge in [-0.15, -0.1) is 0 Å². The summed E-state index contributed by atoms with van der Waals surface area (Å²) < 4.78 is 0. The topological polar surface area (TPSA) is 41.5 Å². The standard InChI is InChI=1S/C17H18N2O/c1-2-16(15-11-7-4-8-12-15)18-19-17(20)13-14-9-5-3-6-10-14/h3-12H,2,13H2,1H3,(H,19,20)/b18-16-. The number of rotatable bonds is 5. The van der Waals surface area contributed by atoms with Crippen LogP contribution in [0.2, 0.25) is 0 Å². The van der Waals surface area contributed by atoms with Gasteiger partial charge in [0.2, 0.25) is 5.91 Å². The lowest BCUT2D eigenvalue weighted by molar-refractivity contribution is -0.120. The molecule has 1 amide bonds. The minimum absolute atomic E-state index is 0.0990. The van der Waals surface area contributed by atoms with Crippen LogP contribution in [0, 0.1) is 0 Å². The molecule has 0 radical (unpaired) electrons. The van der Waals surface area contributed by atoms with Crippen LogP contribution in [0.4, 0.5) is 0 Å². The summed E-state index contributed by atoms with van der Waals surface area (Å²) in [6.45, 7) is 2.02. The van der Waals surface area contributed by atoms with Gasteiger partial charge < -0.3 is 0 Å². The number of nitrogens with one attached hydrogen (secondary N) is 1. The molecule has 20 heavy (non-hydrogen) atoms. The number of amides is 1. The Morgan fingerprint density at radius 2 is 1.60 bits per heavy atom. The Morgan fingerprint density at radius 3 is 2.20 bits per heavy atom. The number of hydrogen-bond acceptors (Lipinski definition) is 2. The van der Waals surface area contributed by atoms with Crippen LogP contribution in [0.15, 0.2) is 65.8 Å². The molecule has 0 saturated carbocycles. The molecule has 102 valence electrons. The number of carbonyl (C=O) groups excluding carboxylic acids is 1. The van der Waals surface area contributed by atoms with Gasteiger partial charge in [0.05, 0.1) is 12.1 Å². The zero-order valence-corrected chi connectivity index (χ0v) is 11.5. The Labute approximate surface area is 119 Å². The van der Waals surface area contributed by atoms with Gasteiger partial charge in [-0.2, -0.15) is 5.10 Å². The largest absolute Gasteiger partial charge is 0.273 e. The summed E-state index contributed by atoms with van der Waals surface area (Å²) in [5, 5.41) is 4.23. The van der Waals surface area contributed by atoms with E-state index in [0.29, 0.717) is 6.42 Å². The fourth-order valence-electron chi connectivity index (χ4n) is 1.93. The molecule has 2 aromatic rings. The van der Waals surface area contributed by atoms with Crippen molar-refractivity contribution in [1.29, 1.82) is 0 Å². The maximum atomic E-state index is 11.8. The molecule has 0 fully saturated rings. The van der Waals surface area contributed by atoms with Crippen LogP contribution < -0.4 is 5.43 Å². The lowest BCUT2D eigenvalue weighted by atomic mass is 10.1. The molecule has 0 atom stereocenters. The SMILES string of the molecule is CC/C(=N/NC(=O)Cc1ccccc1)c1ccccc1. The van der Waals surface area contributed by atoms with E-state index in [4.69, 9.17) is 0 Å². The van der Waals surface area contributed by atoms with Crippen LogP contribution in [0.1, 0.15) is 24.5 Å². The Bertz CT molecular complexity index is 576. The molecule has 0 saturated heterocycles. The summed E-state index contributed by atoms with van der Waals surface area (Å²) in [6, 6.07) is 19.5. The maximum Gasteiger partial charge on any atom is 0.244 e. The van der Waals surface area contributed by atoms with Gasteiger partial charge in [0.1, 0.15) is 0 Å². The first-order valence-corrected chi connectivity index (χ1v) is 6.74. The first-order valence-electron chi connectivity index (χ1n) is 6.74. The van der Waals surface area contributed by atoms with Gasteiger partial charge in [-0.25, -0.2) is 5.43 Å². The summed E-state index contributed by atoms with van der Waals surface area (Å²) in [4.78, 5) is 11.8. The summed E-state index contributed by atoms with van der Waals surface area (Å²) in [7, 11) is 0. The van der Waals surface area contributed by atoms with E-state index in [-0.39, 0.29) is 5.91 Å². The molecule has 2 rings (SSSR count). The smallest absolute Gasteiger partial charge is 0.244 e. The fourth-order valence-corrected chi connectivity index (χ4v) is 1.93. The van der Waals surface area contributed by atoms with E-state index in [1.54, 1.807) is 0 Å². The summed E-state index contributed by atoms with van der Waals surface area (Å²) >= 11 is 0. The van der Waals surface area contributed by atoms with Crippen molar-refractivity contribution < 1.29 is 4.79 Å². The van der Waals surface area contributed by atoms with Crippen LogP contribution in [0.25, 0.3) is 0 Å². The van der Waals surface area contributed by atoms with Gasteiger partial charge in [-0.05, 0) is 17.5 Å². The molecule has 0 bridgehead atoms. The fraction of sp³-hybridized carbons (Fsp3) is 0.176. The molecule has 3 nitrogen and oxygen atoms in total. The average molecular weight is 266 g/mol. The van der Waals surface area contributed by atoms with Crippen molar-refractivity contribution >= 4 is 11.6 Å². The predicted molar refractivity (Wildman–Crippen MR) is 81.6 cm³/mol. The van der Waals surface area contributed by atoms with Gasteiger partial charge in [0.25, 0.3) is 0 Å². The zero-order chi connectivity index (χ0) is 14.2. The Kier molecular flexibility index (Phi) is 5.07. The highest BCUT2D eigenvalue weighted by Gasteiger charge is 2.04. The Hall–Kier alpha value is -2.42. The molecule has 1 N–H and O–H groups in total. The van der Waals surface area contributed by atoms with E-state index in [0.717, 1.165) is 23.3 Å². The number of benzene rings is 2. The minimum Gasteiger partial charge on any atom is -0.273 e. The molecule has 0 unspecified atom stereocenters. The van der Waals surface area contributed by atoms with Gasteiger partial charge in [0, 0.05) is 0 Å². The third kappa shape index (κ3) is 4.05. The lowest BCUT2D eigenvalue weighted by Crippen LogP contribution is -2.21. The molecule has 0 heterocycles. The highest BCUT2D eigenvalue weighted by atomic mass is 16.2. The average Bonchev–Trinajstić information content (AvgIpc) is 2.50. The Morgan fingerprint density at radius 1 is 1.00 bits per heavy atom. The van der Waals surface area contributed by atoms with Gasteiger partial charge in [0.15, 0.2) is 0 Å². The summed E-state index contributed by atoms with van der Waals surface area (Å²) in [6.07, 6.45) is 1.12. The molecular formula is C17H18N2O. The third-order valence-electron chi connectivity index (χ3n) is 2.96. The summed E-state index contributed by atoms with van der Waals surface area (Å²) in [5.74, 6) is -0.0990. The number of hydrogen-bond donors (Lipinski definition) is 1. The molecule has 0 aliphatic carbocycles. The second kappa shape index (κ2) is 7.24. The van der Waals surface area contributed by atoms with Gasteiger partial charge >= 0.3 is 0 Å². The monoisotopic (exact) mass is 266 g/mol. The van der Waals surface area contributed by atoms with Crippen LogP contribution in [0.3, 0.4) is 0 Å². The molecular weight excluding hydrogens is 248 g/mol. The Balaban J connectivity index is 1.99. The van der Waals surface area contributed by atoms with Crippen LogP contribution >= 0.6 is 0 Å². The molecule has 0 aromatic heterocycles. The summed E-state index contributed by atoms with van der Waals surface area (Å²) in [5.41, 5.74) is 5.53.